The van der Waals surface area contributed by atoms with Gasteiger partial charge in [-0.25, -0.2) is 0 Å². The van der Waals surface area contributed by atoms with Gasteiger partial charge in [-0.1, -0.05) is 92.8 Å². The van der Waals surface area contributed by atoms with Crippen molar-refractivity contribution in [2.45, 2.75) is 19.5 Å². The molecule has 4 nitrogen and oxygen atoms in total. The highest BCUT2D eigenvalue weighted by Crippen LogP contribution is 2.47. The molecule has 0 saturated carbocycles. The molecule has 0 spiro atoms. The third kappa shape index (κ3) is 4.79. The molecular formula is C18H14Cl8N2O2. The van der Waals surface area contributed by atoms with Crippen molar-refractivity contribution in [1.29, 1.82) is 0 Å². The van der Waals surface area contributed by atoms with Crippen molar-refractivity contribution in [2.75, 3.05) is 19.8 Å². The molecule has 0 amide bonds. The van der Waals surface area contributed by atoms with Gasteiger partial charge >= 0.3 is 0 Å². The van der Waals surface area contributed by atoms with Crippen LogP contribution in [0.4, 0.5) is 0 Å². The molecular weight excluding hydrogens is 560 g/mol. The number of hydrogen-bond acceptors (Lipinski definition) is 4. The predicted molar refractivity (Wildman–Crippen MR) is 127 cm³/mol. The highest BCUT2D eigenvalue weighted by molar-refractivity contribution is 6.50. The largest absolute Gasteiger partial charge is 0.505 e. The molecule has 0 unspecified atom stereocenters. The van der Waals surface area contributed by atoms with Crippen molar-refractivity contribution in [1.82, 2.24) is 9.80 Å². The second kappa shape index (κ2) is 10.0. The topological polar surface area (TPSA) is 46.9 Å². The van der Waals surface area contributed by atoms with Crippen molar-refractivity contribution in [2.24, 2.45) is 0 Å². The van der Waals surface area contributed by atoms with Gasteiger partial charge in [-0.15, -0.1) is 0 Å². The fourth-order valence-electron chi connectivity index (χ4n) is 3.26. The Bertz CT molecular complexity index is 866. The Balaban J connectivity index is 1.82. The average Bonchev–Trinajstić information content (AvgIpc) is 2.74. The summed E-state index contributed by atoms with van der Waals surface area (Å²) in [6.07, 6.45) is 0.851. The lowest BCUT2D eigenvalue weighted by Gasteiger charge is -2.36. The minimum atomic E-state index is -0.345. The van der Waals surface area contributed by atoms with Crippen LogP contribution in [-0.2, 0) is 13.1 Å². The van der Waals surface area contributed by atoms with Gasteiger partial charge in [-0.05, 0) is 6.42 Å². The zero-order valence-corrected chi connectivity index (χ0v) is 21.1. The Morgan fingerprint density at radius 3 is 1.13 bits per heavy atom. The van der Waals surface area contributed by atoms with Crippen LogP contribution in [0.3, 0.4) is 0 Å². The van der Waals surface area contributed by atoms with Gasteiger partial charge in [-0.2, -0.15) is 0 Å². The van der Waals surface area contributed by atoms with Gasteiger partial charge in [0.15, 0.2) is 11.5 Å². The van der Waals surface area contributed by atoms with Gasteiger partial charge in [0, 0.05) is 37.3 Å². The lowest BCUT2D eigenvalue weighted by atomic mass is 10.1. The maximum Gasteiger partial charge on any atom is 0.155 e. The van der Waals surface area contributed by atoms with Gasteiger partial charge in [0.25, 0.3) is 0 Å². The predicted octanol–water partition coefficient (Wildman–Crippen LogP) is 7.99. The molecule has 1 aliphatic rings. The van der Waals surface area contributed by atoms with Crippen LogP contribution in [0.15, 0.2) is 0 Å². The quantitative estimate of drug-likeness (QED) is 0.364. The number of phenolic OH excluding ortho intramolecular Hbond substituents is 2. The summed E-state index contributed by atoms with van der Waals surface area (Å²) in [4.78, 5) is 4.18. The van der Waals surface area contributed by atoms with E-state index in [9.17, 15) is 10.2 Å². The molecule has 164 valence electrons. The summed E-state index contributed by atoms with van der Waals surface area (Å²) in [5, 5.41) is 20.3. The molecule has 0 radical (unpaired) electrons. The molecule has 2 aromatic rings. The van der Waals surface area contributed by atoms with E-state index >= 15 is 0 Å². The SMILES string of the molecule is Oc1c(Cl)c(Cl)c(CN2CCCN(Cc3c(Cl)c(Cl)c(O)c(Cl)c3Cl)C2)c(Cl)c1Cl. The van der Waals surface area contributed by atoms with E-state index < -0.39 is 0 Å². The molecule has 0 aliphatic carbocycles. The van der Waals surface area contributed by atoms with Crippen LogP contribution in [0.5, 0.6) is 11.5 Å². The summed E-state index contributed by atoms with van der Waals surface area (Å²) in [5.74, 6) is -0.689. The lowest BCUT2D eigenvalue weighted by molar-refractivity contribution is 0.0746. The molecule has 1 fully saturated rings. The highest BCUT2D eigenvalue weighted by atomic mass is 35.5. The Hall–Kier alpha value is 0.280. The molecule has 0 atom stereocenters. The second-order valence-corrected chi connectivity index (χ2v) is 9.79. The first kappa shape index (κ1) is 24.9. The number of halogens is 8. The molecule has 12 heteroatoms. The van der Waals surface area contributed by atoms with Crippen molar-refractivity contribution in [3.8, 4) is 11.5 Å². The van der Waals surface area contributed by atoms with Gasteiger partial charge in [0.1, 0.15) is 20.1 Å². The van der Waals surface area contributed by atoms with Gasteiger partial charge in [0.05, 0.1) is 26.8 Å². The summed E-state index contributed by atoms with van der Waals surface area (Å²) >= 11 is 49.4. The summed E-state index contributed by atoms with van der Waals surface area (Å²) in [6.45, 7) is 2.82. The Morgan fingerprint density at radius 2 is 0.833 bits per heavy atom. The summed E-state index contributed by atoms with van der Waals surface area (Å²) < 4.78 is 0. The molecule has 1 heterocycles. The van der Waals surface area contributed by atoms with Crippen LogP contribution >= 0.6 is 92.8 Å². The standard InChI is InChI=1S/C18H14Cl8N2O2/c19-9-7(10(20)14(24)17(29)13(9)23)4-27-2-1-3-28(6-27)5-8-11(21)15(25)18(30)16(26)12(8)22/h29-30H,1-6H2. The normalized spacial score (nSPS) is 15.7. The second-order valence-electron chi connectivity index (χ2n) is 6.77. The smallest absolute Gasteiger partial charge is 0.155 e. The molecule has 2 N–H and O–H groups in total. The van der Waals surface area contributed by atoms with Crippen LogP contribution in [0.25, 0.3) is 0 Å². The molecule has 0 bridgehead atoms. The highest BCUT2D eigenvalue weighted by Gasteiger charge is 2.26. The van der Waals surface area contributed by atoms with Gasteiger partial charge < -0.3 is 10.2 Å². The molecule has 1 saturated heterocycles. The Morgan fingerprint density at radius 1 is 0.533 bits per heavy atom. The van der Waals surface area contributed by atoms with E-state index in [1.54, 1.807) is 0 Å². The van der Waals surface area contributed by atoms with Crippen molar-refractivity contribution in [3.63, 3.8) is 0 Å². The summed E-state index contributed by atoms with van der Waals surface area (Å²) in [7, 11) is 0. The summed E-state index contributed by atoms with van der Waals surface area (Å²) in [6, 6.07) is 0. The average molecular weight is 574 g/mol. The fraction of sp³-hybridized carbons (Fsp3) is 0.333. The first-order chi connectivity index (χ1) is 14.0. The van der Waals surface area contributed by atoms with E-state index in [0.717, 1.165) is 19.5 Å². The first-order valence-electron chi connectivity index (χ1n) is 8.56. The zero-order valence-electron chi connectivity index (χ0n) is 15.1. The van der Waals surface area contributed by atoms with E-state index in [0.29, 0.717) is 30.9 Å². The number of rotatable bonds is 4. The number of aromatic hydroxyl groups is 2. The number of benzene rings is 2. The van der Waals surface area contributed by atoms with E-state index in [1.165, 1.54) is 0 Å². The number of hydrogen-bond donors (Lipinski definition) is 2. The van der Waals surface area contributed by atoms with E-state index in [-0.39, 0.29) is 51.7 Å². The Kier molecular flexibility index (Phi) is 8.34. The van der Waals surface area contributed by atoms with E-state index in [2.05, 4.69) is 9.80 Å². The first-order valence-corrected chi connectivity index (χ1v) is 11.6. The zero-order chi connectivity index (χ0) is 22.3. The Labute approximate surface area is 213 Å². The third-order valence-electron chi connectivity index (χ3n) is 4.77. The van der Waals surface area contributed by atoms with Crippen LogP contribution in [0.2, 0.25) is 40.2 Å². The number of phenols is 2. The van der Waals surface area contributed by atoms with Crippen molar-refractivity contribution in [3.05, 3.63) is 51.3 Å². The number of nitrogens with zero attached hydrogens (tertiary/aromatic N) is 2. The monoisotopic (exact) mass is 570 g/mol. The van der Waals surface area contributed by atoms with Crippen LogP contribution < -0.4 is 0 Å². The molecule has 30 heavy (non-hydrogen) atoms. The molecule has 2 aromatic carbocycles. The van der Waals surface area contributed by atoms with Crippen molar-refractivity contribution < 1.29 is 10.2 Å². The van der Waals surface area contributed by atoms with E-state index in [1.807, 2.05) is 0 Å². The minimum Gasteiger partial charge on any atom is -0.505 e. The van der Waals surface area contributed by atoms with Gasteiger partial charge in [0.2, 0.25) is 0 Å². The molecule has 3 rings (SSSR count). The molecule has 0 aromatic heterocycles. The summed E-state index contributed by atoms with van der Waals surface area (Å²) in [5.41, 5.74) is 1.06. The minimum absolute atomic E-state index is 0.0399. The maximum absolute atomic E-state index is 9.90. The van der Waals surface area contributed by atoms with Crippen molar-refractivity contribution >= 4 is 92.8 Å². The maximum atomic E-state index is 9.90. The lowest BCUT2D eigenvalue weighted by Crippen LogP contribution is -2.44. The fourth-order valence-corrected chi connectivity index (χ4v) is 5.26. The van der Waals surface area contributed by atoms with E-state index in [4.69, 9.17) is 92.8 Å². The van der Waals surface area contributed by atoms with Crippen LogP contribution in [0.1, 0.15) is 17.5 Å². The molecule has 1 aliphatic heterocycles. The van der Waals surface area contributed by atoms with Gasteiger partial charge in [-0.3, -0.25) is 9.80 Å². The third-order valence-corrected chi connectivity index (χ3v) is 8.30. The van der Waals surface area contributed by atoms with Crippen LogP contribution in [0, 0.1) is 0 Å². The van der Waals surface area contributed by atoms with Crippen LogP contribution in [-0.4, -0.2) is 39.8 Å².